The highest BCUT2D eigenvalue weighted by atomic mass is 16.5. The van der Waals surface area contributed by atoms with E-state index in [0.29, 0.717) is 6.54 Å². The summed E-state index contributed by atoms with van der Waals surface area (Å²) in [5.41, 5.74) is 7.51. The van der Waals surface area contributed by atoms with Crippen LogP contribution in [0.15, 0.2) is 36.7 Å². The van der Waals surface area contributed by atoms with Crippen molar-refractivity contribution in [1.82, 2.24) is 9.97 Å². The van der Waals surface area contributed by atoms with Crippen LogP contribution < -0.4 is 10.6 Å². The van der Waals surface area contributed by atoms with Gasteiger partial charge in [-0.25, -0.2) is 14.8 Å². The van der Waals surface area contributed by atoms with Crippen molar-refractivity contribution in [1.29, 1.82) is 0 Å². The molecule has 2 heterocycles. The molecular weight excluding hydrogens is 308 g/mol. The summed E-state index contributed by atoms with van der Waals surface area (Å²) in [7, 11) is 0. The SMILES string of the molecule is CC(OC(=O)c1nccnc1N)C(=O)N1CCCc2ccccc21. The van der Waals surface area contributed by atoms with Crippen LogP contribution >= 0.6 is 0 Å². The molecule has 7 heteroatoms. The van der Waals surface area contributed by atoms with Crippen LogP contribution in [0.3, 0.4) is 0 Å². The standard InChI is InChI=1S/C17H18N4O3/c1-11(24-17(23)14-15(18)20-9-8-19-14)16(22)21-10-4-6-12-5-2-3-7-13(12)21/h2-3,5,7-9,11H,4,6,10H2,1H3,(H2,18,20). The maximum Gasteiger partial charge on any atom is 0.361 e. The van der Waals surface area contributed by atoms with Crippen LogP contribution in [0.25, 0.3) is 0 Å². The van der Waals surface area contributed by atoms with Gasteiger partial charge in [-0.3, -0.25) is 4.79 Å². The molecule has 2 N–H and O–H groups in total. The fourth-order valence-electron chi connectivity index (χ4n) is 2.75. The molecule has 24 heavy (non-hydrogen) atoms. The number of para-hydroxylation sites is 1. The summed E-state index contributed by atoms with van der Waals surface area (Å²) in [6.07, 6.45) is 3.60. The second-order valence-electron chi connectivity index (χ2n) is 5.56. The van der Waals surface area contributed by atoms with E-state index in [1.807, 2.05) is 24.3 Å². The van der Waals surface area contributed by atoms with Gasteiger partial charge in [0.15, 0.2) is 17.6 Å². The number of aryl methyl sites for hydroxylation is 1. The summed E-state index contributed by atoms with van der Waals surface area (Å²) < 4.78 is 5.23. The van der Waals surface area contributed by atoms with Crippen molar-refractivity contribution in [2.24, 2.45) is 0 Å². The number of fused-ring (bicyclic) bond motifs is 1. The zero-order chi connectivity index (χ0) is 17.1. The monoisotopic (exact) mass is 326 g/mol. The van der Waals surface area contributed by atoms with Gasteiger partial charge in [0.25, 0.3) is 5.91 Å². The molecule has 0 aliphatic carbocycles. The minimum atomic E-state index is -0.940. The summed E-state index contributed by atoms with van der Waals surface area (Å²) in [4.78, 5) is 34.1. The molecule has 3 rings (SSSR count). The Labute approximate surface area is 139 Å². The normalized spacial score (nSPS) is 14.6. The first-order valence-electron chi connectivity index (χ1n) is 7.74. The molecule has 1 unspecified atom stereocenters. The lowest BCUT2D eigenvalue weighted by Crippen LogP contribution is -2.42. The number of carbonyl (C=O) groups is 2. The van der Waals surface area contributed by atoms with E-state index in [-0.39, 0.29) is 17.4 Å². The molecule has 1 aromatic carbocycles. The molecule has 0 bridgehead atoms. The highest BCUT2D eigenvalue weighted by Gasteiger charge is 2.29. The molecule has 0 fully saturated rings. The number of hydrogen-bond donors (Lipinski definition) is 1. The smallest absolute Gasteiger partial charge is 0.361 e. The number of nitrogen functional groups attached to an aromatic ring is 1. The average Bonchev–Trinajstić information content (AvgIpc) is 2.60. The van der Waals surface area contributed by atoms with Gasteiger partial charge in [-0.15, -0.1) is 0 Å². The maximum absolute atomic E-state index is 12.7. The van der Waals surface area contributed by atoms with Crippen molar-refractivity contribution in [3.05, 3.63) is 47.9 Å². The summed E-state index contributed by atoms with van der Waals surface area (Å²) in [6.45, 7) is 2.15. The topological polar surface area (TPSA) is 98.4 Å². The predicted octanol–water partition coefficient (Wildman–Crippen LogP) is 1.58. The number of aromatic nitrogens is 2. The van der Waals surface area contributed by atoms with Crippen LogP contribution in [0.5, 0.6) is 0 Å². The minimum Gasteiger partial charge on any atom is -0.448 e. The molecule has 1 aliphatic rings. The quantitative estimate of drug-likeness (QED) is 0.860. The van der Waals surface area contributed by atoms with Gasteiger partial charge >= 0.3 is 5.97 Å². The van der Waals surface area contributed by atoms with Crippen LogP contribution in [0, 0.1) is 0 Å². The van der Waals surface area contributed by atoms with Crippen molar-refractivity contribution < 1.29 is 14.3 Å². The number of anilines is 2. The molecule has 0 radical (unpaired) electrons. The first-order valence-corrected chi connectivity index (χ1v) is 7.74. The zero-order valence-electron chi connectivity index (χ0n) is 13.3. The predicted molar refractivity (Wildman–Crippen MR) is 88.4 cm³/mol. The largest absolute Gasteiger partial charge is 0.448 e. The van der Waals surface area contributed by atoms with E-state index < -0.39 is 12.1 Å². The van der Waals surface area contributed by atoms with E-state index >= 15 is 0 Å². The van der Waals surface area contributed by atoms with Gasteiger partial charge in [-0.1, -0.05) is 18.2 Å². The second-order valence-corrected chi connectivity index (χ2v) is 5.56. The second kappa shape index (κ2) is 6.66. The molecule has 0 saturated heterocycles. The Balaban J connectivity index is 1.74. The van der Waals surface area contributed by atoms with E-state index in [0.717, 1.165) is 24.1 Å². The number of nitrogens with two attached hydrogens (primary N) is 1. The Morgan fingerprint density at radius 3 is 2.79 bits per heavy atom. The van der Waals surface area contributed by atoms with Gasteiger partial charge in [-0.05, 0) is 31.4 Å². The van der Waals surface area contributed by atoms with Gasteiger partial charge < -0.3 is 15.4 Å². The first kappa shape index (κ1) is 15.9. The van der Waals surface area contributed by atoms with Gasteiger partial charge in [0, 0.05) is 24.6 Å². The van der Waals surface area contributed by atoms with Crippen molar-refractivity contribution >= 4 is 23.4 Å². The van der Waals surface area contributed by atoms with Crippen molar-refractivity contribution in [2.75, 3.05) is 17.2 Å². The number of rotatable bonds is 3. The van der Waals surface area contributed by atoms with Crippen molar-refractivity contribution in [2.45, 2.75) is 25.9 Å². The number of nitrogens with zero attached hydrogens (tertiary/aromatic N) is 3. The fraction of sp³-hybridized carbons (Fsp3) is 0.294. The van der Waals surface area contributed by atoms with Crippen molar-refractivity contribution in [3.63, 3.8) is 0 Å². The summed E-state index contributed by atoms with van der Waals surface area (Å²) in [6, 6.07) is 7.75. The maximum atomic E-state index is 12.7. The molecule has 1 aromatic heterocycles. The third kappa shape index (κ3) is 3.05. The number of carbonyl (C=O) groups excluding carboxylic acids is 2. The van der Waals surface area contributed by atoms with E-state index in [1.165, 1.54) is 12.4 Å². The number of esters is 1. The van der Waals surface area contributed by atoms with E-state index in [2.05, 4.69) is 9.97 Å². The molecule has 7 nitrogen and oxygen atoms in total. The molecule has 0 spiro atoms. The Kier molecular flexibility index (Phi) is 4.41. The Bertz CT molecular complexity index is 778. The summed E-state index contributed by atoms with van der Waals surface area (Å²) >= 11 is 0. The lowest BCUT2D eigenvalue weighted by Gasteiger charge is -2.31. The average molecular weight is 326 g/mol. The number of benzene rings is 1. The summed E-state index contributed by atoms with van der Waals surface area (Å²) in [5, 5.41) is 0. The number of ether oxygens (including phenoxy) is 1. The third-order valence-electron chi connectivity index (χ3n) is 3.93. The van der Waals surface area contributed by atoms with Gasteiger partial charge in [0.1, 0.15) is 0 Å². The van der Waals surface area contributed by atoms with Crippen LogP contribution in [0.1, 0.15) is 29.4 Å². The van der Waals surface area contributed by atoms with Crippen molar-refractivity contribution in [3.8, 4) is 0 Å². The zero-order valence-corrected chi connectivity index (χ0v) is 13.3. The lowest BCUT2D eigenvalue weighted by atomic mass is 10.0. The minimum absolute atomic E-state index is 0.0227. The third-order valence-corrected chi connectivity index (χ3v) is 3.93. The van der Waals surface area contributed by atoms with E-state index in [9.17, 15) is 9.59 Å². The molecule has 1 aliphatic heterocycles. The Morgan fingerprint density at radius 2 is 2.00 bits per heavy atom. The highest BCUT2D eigenvalue weighted by molar-refractivity contribution is 6.00. The molecule has 0 saturated carbocycles. The molecular formula is C17H18N4O3. The fourth-order valence-corrected chi connectivity index (χ4v) is 2.75. The first-order chi connectivity index (χ1) is 11.6. The van der Waals surface area contributed by atoms with Gasteiger partial charge in [0.2, 0.25) is 0 Å². The molecule has 1 atom stereocenters. The summed E-state index contributed by atoms with van der Waals surface area (Å²) in [5.74, 6) is -1.05. The van der Waals surface area contributed by atoms with Crippen LogP contribution in [0.2, 0.25) is 0 Å². The highest BCUT2D eigenvalue weighted by Crippen LogP contribution is 2.27. The number of amides is 1. The van der Waals surface area contributed by atoms with Crippen LogP contribution in [-0.4, -0.2) is 34.5 Å². The lowest BCUT2D eigenvalue weighted by molar-refractivity contribution is -0.126. The molecule has 124 valence electrons. The van der Waals surface area contributed by atoms with Crippen LogP contribution in [0.4, 0.5) is 11.5 Å². The molecule has 1 amide bonds. The Hall–Kier alpha value is -2.96. The van der Waals surface area contributed by atoms with E-state index in [4.69, 9.17) is 10.5 Å². The Morgan fingerprint density at radius 1 is 1.25 bits per heavy atom. The van der Waals surface area contributed by atoms with E-state index in [1.54, 1.807) is 11.8 Å². The van der Waals surface area contributed by atoms with Gasteiger partial charge in [0.05, 0.1) is 0 Å². The number of hydrogen-bond acceptors (Lipinski definition) is 6. The van der Waals surface area contributed by atoms with Gasteiger partial charge in [-0.2, -0.15) is 0 Å². The van der Waals surface area contributed by atoms with Crippen LogP contribution in [-0.2, 0) is 16.0 Å². The molecule has 2 aromatic rings.